The minimum absolute atomic E-state index is 0.366. The molecule has 0 fully saturated rings. The molecular weight excluding hydrogens is 256 g/mol. The van der Waals surface area contributed by atoms with Crippen LogP contribution in [0.2, 0.25) is 0 Å². The number of rotatable bonds is 5. The smallest absolute Gasteiger partial charge is 0.350 e. The van der Waals surface area contributed by atoms with E-state index in [-0.39, 0.29) is 5.97 Å². The van der Waals surface area contributed by atoms with Gasteiger partial charge >= 0.3 is 5.97 Å². The molecule has 7 nitrogen and oxygen atoms in total. The van der Waals surface area contributed by atoms with E-state index in [0.717, 1.165) is 0 Å². The van der Waals surface area contributed by atoms with Crippen LogP contribution in [0.4, 0.5) is 5.13 Å². The normalized spacial score (nSPS) is 10.3. The summed E-state index contributed by atoms with van der Waals surface area (Å²) >= 11 is 1.27. The molecule has 0 saturated carbocycles. The topological polar surface area (TPSA) is 90.1 Å². The third kappa shape index (κ3) is 2.83. The zero-order valence-corrected chi connectivity index (χ0v) is 10.8. The predicted octanol–water partition coefficient (Wildman–Crippen LogP) is 1.28. The van der Waals surface area contributed by atoms with E-state index in [9.17, 15) is 4.79 Å². The molecule has 0 bridgehead atoms. The number of methoxy groups -OCH3 is 1. The van der Waals surface area contributed by atoms with E-state index in [4.69, 9.17) is 4.52 Å². The lowest BCUT2D eigenvalue weighted by molar-refractivity contribution is 0.0605. The molecule has 1 N–H and O–H groups in total. The first kappa shape index (κ1) is 12.5. The molecule has 0 aliphatic rings. The van der Waals surface area contributed by atoms with Gasteiger partial charge in [-0.15, -0.1) is 0 Å². The molecule has 2 aromatic heterocycles. The summed E-state index contributed by atoms with van der Waals surface area (Å²) in [4.78, 5) is 20.0. The number of nitrogens with zero attached hydrogens (tertiary/aromatic N) is 3. The zero-order chi connectivity index (χ0) is 13.0. The molecule has 0 aliphatic carbocycles. The van der Waals surface area contributed by atoms with Gasteiger partial charge in [0, 0.05) is 13.0 Å². The van der Waals surface area contributed by atoms with Gasteiger partial charge in [0.1, 0.15) is 4.88 Å². The maximum atomic E-state index is 11.4. The lowest BCUT2D eigenvalue weighted by Crippen LogP contribution is -2.04. The SMILES string of the molecule is COC(=O)c1sc(NCCc2ncno2)nc1C. The van der Waals surface area contributed by atoms with Crippen molar-refractivity contribution in [3.63, 3.8) is 0 Å². The number of nitrogens with one attached hydrogen (secondary N) is 1. The molecule has 2 heterocycles. The van der Waals surface area contributed by atoms with Crippen LogP contribution in [0.1, 0.15) is 21.3 Å². The predicted molar refractivity (Wildman–Crippen MR) is 64.7 cm³/mol. The second kappa shape index (κ2) is 5.58. The Bertz CT molecular complexity index is 523. The van der Waals surface area contributed by atoms with Crippen LogP contribution in [-0.2, 0) is 11.2 Å². The van der Waals surface area contributed by atoms with Gasteiger partial charge in [-0.1, -0.05) is 16.5 Å². The van der Waals surface area contributed by atoms with E-state index in [1.807, 2.05) is 0 Å². The zero-order valence-electron chi connectivity index (χ0n) is 9.97. The summed E-state index contributed by atoms with van der Waals surface area (Å²) in [7, 11) is 1.35. The number of carbonyl (C=O) groups excluding carboxylic acids is 1. The first-order chi connectivity index (χ1) is 8.70. The molecule has 2 rings (SSSR count). The molecule has 2 aromatic rings. The quantitative estimate of drug-likeness (QED) is 0.817. The van der Waals surface area contributed by atoms with Gasteiger partial charge in [0.05, 0.1) is 12.8 Å². The molecule has 0 aliphatic heterocycles. The molecule has 8 heteroatoms. The van der Waals surface area contributed by atoms with Crippen LogP contribution >= 0.6 is 11.3 Å². The van der Waals surface area contributed by atoms with Gasteiger partial charge in [-0.25, -0.2) is 9.78 Å². The van der Waals surface area contributed by atoms with Crippen molar-refractivity contribution in [1.82, 2.24) is 15.1 Å². The van der Waals surface area contributed by atoms with Crippen LogP contribution in [0.5, 0.6) is 0 Å². The van der Waals surface area contributed by atoms with Gasteiger partial charge in [0.2, 0.25) is 5.89 Å². The molecule has 0 saturated heterocycles. The third-order valence-corrected chi connectivity index (χ3v) is 3.28. The Balaban J connectivity index is 1.92. The second-order valence-corrected chi connectivity index (χ2v) is 4.44. The number of ether oxygens (including phenoxy) is 1. The number of aryl methyl sites for hydroxylation is 1. The average molecular weight is 268 g/mol. The van der Waals surface area contributed by atoms with Crippen molar-refractivity contribution in [1.29, 1.82) is 0 Å². The van der Waals surface area contributed by atoms with Crippen LogP contribution < -0.4 is 5.32 Å². The first-order valence-corrected chi connectivity index (χ1v) is 6.07. The highest BCUT2D eigenvalue weighted by Crippen LogP contribution is 2.22. The summed E-state index contributed by atoms with van der Waals surface area (Å²) in [6.45, 7) is 2.38. The molecule has 0 amide bonds. The van der Waals surface area contributed by atoms with E-state index >= 15 is 0 Å². The number of thiazole rings is 1. The number of aromatic nitrogens is 3. The molecular formula is C10H12N4O3S. The number of carbonyl (C=O) groups is 1. The maximum absolute atomic E-state index is 11.4. The average Bonchev–Trinajstić information content (AvgIpc) is 2.98. The lowest BCUT2D eigenvalue weighted by atomic mass is 10.4. The summed E-state index contributed by atoms with van der Waals surface area (Å²) < 4.78 is 9.53. The summed E-state index contributed by atoms with van der Waals surface area (Å²) in [5, 5.41) is 7.28. The summed E-state index contributed by atoms with van der Waals surface area (Å²) in [5.41, 5.74) is 0.659. The standard InChI is InChI=1S/C10H12N4O3S/c1-6-8(9(15)16-2)18-10(14-6)11-4-3-7-12-5-13-17-7/h5H,3-4H2,1-2H3,(H,11,14). The number of esters is 1. The van der Waals surface area contributed by atoms with Crippen molar-refractivity contribution in [3.05, 3.63) is 22.8 Å². The first-order valence-electron chi connectivity index (χ1n) is 5.26. The van der Waals surface area contributed by atoms with Crippen molar-refractivity contribution in [3.8, 4) is 0 Å². The summed E-state index contributed by atoms with van der Waals surface area (Å²) in [6, 6.07) is 0. The van der Waals surface area contributed by atoms with Crippen molar-refractivity contribution in [2.75, 3.05) is 19.0 Å². The summed E-state index contributed by atoms with van der Waals surface area (Å²) in [6.07, 6.45) is 1.96. The highest BCUT2D eigenvalue weighted by atomic mass is 32.1. The molecule has 0 aromatic carbocycles. The Morgan fingerprint density at radius 2 is 2.44 bits per heavy atom. The molecule has 0 atom stereocenters. The van der Waals surface area contributed by atoms with E-state index in [1.54, 1.807) is 6.92 Å². The molecule has 18 heavy (non-hydrogen) atoms. The fraction of sp³-hybridized carbons (Fsp3) is 0.400. The van der Waals surface area contributed by atoms with Gasteiger partial charge < -0.3 is 14.6 Å². The summed E-state index contributed by atoms with van der Waals surface area (Å²) in [5.74, 6) is 0.193. The lowest BCUT2D eigenvalue weighted by Gasteiger charge is -1.98. The fourth-order valence-corrected chi connectivity index (χ4v) is 2.25. The van der Waals surface area contributed by atoms with Crippen molar-refractivity contribution in [2.45, 2.75) is 13.3 Å². The highest BCUT2D eigenvalue weighted by molar-refractivity contribution is 7.17. The van der Waals surface area contributed by atoms with Crippen molar-refractivity contribution >= 4 is 22.4 Å². The maximum Gasteiger partial charge on any atom is 0.350 e. The van der Waals surface area contributed by atoms with Crippen LogP contribution in [-0.4, -0.2) is 34.7 Å². The molecule has 0 radical (unpaired) electrons. The molecule has 96 valence electrons. The van der Waals surface area contributed by atoms with Gasteiger partial charge in [-0.2, -0.15) is 4.98 Å². The van der Waals surface area contributed by atoms with Gasteiger partial charge in [0.25, 0.3) is 0 Å². The minimum Gasteiger partial charge on any atom is -0.465 e. The van der Waals surface area contributed by atoms with Crippen LogP contribution in [0.25, 0.3) is 0 Å². The molecule has 0 spiro atoms. The van der Waals surface area contributed by atoms with Crippen molar-refractivity contribution in [2.24, 2.45) is 0 Å². The molecule has 0 unspecified atom stereocenters. The van der Waals surface area contributed by atoms with Gasteiger partial charge in [-0.3, -0.25) is 0 Å². The largest absolute Gasteiger partial charge is 0.465 e. The third-order valence-electron chi connectivity index (χ3n) is 2.19. The van der Waals surface area contributed by atoms with E-state index in [0.29, 0.717) is 34.6 Å². The monoisotopic (exact) mass is 268 g/mol. The van der Waals surface area contributed by atoms with Crippen molar-refractivity contribution < 1.29 is 14.1 Å². The van der Waals surface area contributed by atoms with Crippen LogP contribution in [0, 0.1) is 6.92 Å². The Labute approximate surface area is 107 Å². The second-order valence-electron chi connectivity index (χ2n) is 3.44. The van der Waals surface area contributed by atoms with Gasteiger partial charge in [-0.05, 0) is 6.92 Å². The Kier molecular flexibility index (Phi) is 3.88. The van der Waals surface area contributed by atoms with Crippen LogP contribution in [0.3, 0.4) is 0 Å². The van der Waals surface area contributed by atoms with Crippen LogP contribution in [0.15, 0.2) is 10.9 Å². The number of anilines is 1. The van der Waals surface area contributed by atoms with E-state index in [2.05, 4.69) is 25.2 Å². The fourth-order valence-electron chi connectivity index (χ4n) is 1.34. The Morgan fingerprint density at radius 3 is 3.11 bits per heavy atom. The highest BCUT2D eigenvalue weighted by Gasteiger charge is 2.15. The Hall–Kier alpha value is -1.96. The Morgan fingerprint density at radius 1 is 1.61 bits per heavy atom. The van der Waals surface area contributed by atoms with Gasteiger partial charge in [0.15, 0.2) is 11.5 Å². The number of hydrogen-bond acceptors (Lipinski definition) is 8. The van der Waals surface area contributed by atoms with E-state index < -0.39 is 0 Å². The van der Waals surface area contributed by atoms with E-state index in [1.165, 1.54) is 24.8 Å². The minimum atomic E-state index is -0.366. The number of hydrogen-bond donors (Lipinski definition) is 1.